The zero-order chi connectivity index (χ0) is 16.5. The molecule has 0 aliphatic carbocycles. The Hall–Kier alpha value is -3.21. The molecule has 0 bridgehead atoms. The molecule has 0 spiro atoms. The number of halogens is 2. The number of hydrogen-bond acceptors (Lipinski definition) is 3. The van der Waals surface area contributed by atoms with Gasteiger partial charge in [0.2, 0.25) is 0 Å². The maximum atomic E-state index is 13.2. The first kappa shape index (κ1) is 14.4. The van der Waals surface area contributed by atoms with Gasteiger partial charge in [0.25, 0.3) is 0 Å². The minimum absolute atomic E-state index is 0.319. The molecule has 0 aliphatic rings. The van der Waals surface area contributed by atoms with Gasteiger partial charge in [-0.2, -0.15) is 0 Å². The number of benzene rings is 2. The van der Waals surface area contributed by atoms with Gasteiger partial charge < -0.3 is 0 Å². The molecule has 2 heterocycles. The molecule has 0 saturated carbocycles. The van der Waals surface area contributed by atoms with Crippen molar-refractivity contribution in [1.82, 2.24) is 15.0 Å². The van der Waals surface area contributed by atoms with Crippen LogP contribution in [0.3, 0.4) is 0 Å². The Morgan fingerprint density at radius 3 is 1.62 bits per heavy atom. The van der Waals surface area contributed by atoms with Gasteiger partial charge in [-0.05, 0) is 54.6 Å². The number of rotatable bonds is 2. The van der Waals surface area contributed by atoms with Crippen LogP contribution in [0, 0.1) is 11.6 Å². The highest BCUT2D eigenvalue weighted by Crippen LogP contribution is 2.30. The molecule has 24 heavy (non-hydrogen) atoms. The average molecular weight is 319 g/mol. The second-order valence-electron chi connectivity index (χ2n) is 5.30. The first-order chi connectivity index (χ1) is 11.7. The molecule has 0 saturated heterocycles. The van der Waals surface area contributed by atoms with Crippen molar-refractivity contribution >= 4 is 11.0 Å². The lowest BCUT2D eigenvalue weighted by Crippen LogP contribution is -1.96. The number of nitrogens with zero attached hydrogens (tertiary/aromatic N) is 3. The molecule has 0 radical (unpaired) electrons. The van der Waals surface area contributed by atoms with E-state index in [4.69, 9.17) is 0 Å². The number of fused-ring (bicyclic) bond motifs is 1. The first-order valence-electron chi connectivity index (χ1n) is 7.34. The summed E-state index contributed by atoms with van der Waals surface area (Å²) >= 11 is 0. The predicted molar refractivity (Wildman–Crippen MR) is 88.1 cm³/mol. The fourth-order valence-corrected chi connectivity index (χ4v) is 2.52. The topological polar surface area (TPSA) is 38.7 Å². The van der Waals surface area contributed by atoms with Crippen LogP contribution < -0.4 is 0 Å². The number of hydrogen-bond donors (Lipinski definition) is 0. The van der Waals surface area contributed by atoms with Gasteiger partial charge in [-0.1, -0.05) is 0 Å². The van der Waals surface area contributed by atoms with Gasteiger partial charge >= 0.3 is 0 Å². The minimum atomic E-state index is -0.322. The summed E-state index contributed by atoms with van der Waals surface area (Å²) in [6.45, 7) is 0. The highest BCUT2D eigenvalue weighted by Gasteiger charge is 2.13. The van der Waals surface area contributed by atoms with Crippen LogP contribution in [-0.4, -0.2) is 15.0 Å². The van der Waals surface area contributed by atoms with Crippen molar-refractivity contribution in [2.45, 2.75) is 0 Å². The molecule has 4 rings (SSSR count). The summed E-state index contributed by atoms with van der Waals surface area (Å²) in [6, 6.07) is 13.9. The maximum Gasteiger partial charge on any atom is 0.123 e. The van der Waals surface area contributed by atoms with E-state index in [-0.39, 0.29) is 11.6 Å². The Kier molecular flexibility index (Phi) is 3.46. The van der Waals surface area contributed by atoms with E-state index in [0.717, 1.165) is 11.1 Å². The summed E-state index contributed by atoms with van der Waals surface area (Å²) in [5.74, 6) is -0.641. The van der Waals surface area contributed by atoms with Crippen molar-refractivity contribution in [3.8, 4) is 22.5 Å². The molecule has 0 fully saturated rings. The van der Waals surface area contributed by atoms with Crippen molar-refractivity contribution in [3.63, 3.8) is 0 Å². The van der Waals surface area contributed by atoms with E-state index in [0.29, 0.717) is 22.4 Å². The minimum Gasteiger partial charge on any atom is -0.262 e. The summed E-state index contributed by atoms with van der Waals surface area (Å²) in [7, 11) is 0. The second-order valence-corrected chi connectivity index (χ2v) is 5.30. The largest absolute Gasteiger partial charge is 0.262 e. The zero-order valence-electron chi connectivity index (χ0n) is 12.4. The summed E-state index contributed by atoms with van der Waals surface area (Å²) in [5, 5.41) is 0. The number of pyridine rings is 1. The lowest BCUT2D eigenvalue weighted by Gasteiger charge is -2.10. The fraction of sp³-hybridized carbons (Fsp3) is 0. The van der Waals surface area contributed by atoms with Gasteiger partial charge in [-0.15, -0.1) is 0 Å². The van der Waals surface area contributed by atoms with Gasteiger partial charge in [0.15, 0.2) is 0 Å². The van der Waals surface area contributed by atoms with Crippen LogP contribution in [-0.2, 0) is 0 Å². The smallest absolute Gasteiger partial charge is 0.123 e. The van der Waals surface area contributed by atoms with Crippen LogP contribution in [0.25, 0.3) is 33.5 Å². The third-order valence-corrected chi connectivity index (χ3v) is 3.70. The van der Waals surface area contributed by atoms with E-state index in [1.54, 1.807) is 42.7 Å². The highest BCUT2D eigenvalue weighted by molar-refractivity contribution is 5.85. The monoisotopic (exact) mass is 319 g/mol. The maximum absolute atomic E-state index is 13.2. The lowest BCUT2D eigenvalue weighted by molar-refractivity contribution is 0.627. The van der Waals surface area contributed by atoms with E-state index in [9.17, 15) is 8.78 Å². The van der Waals surface area contributed by atoms with Gasteiger partial charge in [0, 0.05) is 17.3 Å². The van der Waals surface area contributed by atoms with Crippen molar-refractivity contribution in [3.05, 3.63) is 78.6 Å². The van der Waals surface area contributed by atoms with Gasteiger partial charge in [-0.25, -0.2) is 18.7 Å². The van der Waals surface area contributed by atoms with Gasteiger partial charge in [0.1, 0.15) is 17.2 Å². The van der Waals surface area contributed by atoms with Crippen molar-refractivity contribution in [2.24, 2.45) is 0 Å². The van der Waals surface area contributed by atoms with Crippen LogP contribution in [0.2, 0.25) is 0 Å². The van der Waals surface area contributed by atoms with E-state index >= 15 is 0 Å². The van der Waals surface area contributed by atoms with Crippen LogP contribution in [0.5, 0.6) is 0 Å². The standard InChI is InChI=1S/C19H11F2N3/c20-14-5-1-12(2-6-14)18-19(13-3-7-15(21)8-4-13)24-17-11-22-10-9-16(17)23-18/h1-11H. The second kappa shape index (κ2) is 5.77. The molecule has 3 nitrogen and oxygen atoms in total. The molecule has 2 aromatic heterocycles. The van der Waals surface area contributed by atoms with E-state index in [2.05, 4.69) is 15.0 Å². The summed E-state index contributed by atoms with van der Waals surface area (Å²) in [5.41, 5.74) is 4.01. The van der Waals surface area contributed by atoms with Gasteiger partial charge in [0.05, 0.1) is 23.1 Å². The molecule has 0 atom stereocenters. The van der Waals surface area contributed by atoms with Crippen molar-refractivity contribution in [2.75, 3.05) is 0 Å². The molecule has 2 aromatic carbocycles. The Balaban J connectivity index is 2.00. The third kappa shape index (κ3) is 2.60. The SMILES string of the molecule is Fc1ccc(-c2nc3ccncc3nc2-c2ccc(F)cc2)cc1. The predicted octanol–water partition coefficient (Wildman–Crippen LogP) is 4.64. The normalized spacial score (nSPS) is 10.9. The van der Waals surface area contributed by atoms with Crippen LogP contribution >= 0.6 is 0 Å². The molecule has 5 heteroatoms. The molecule has 0 aliphatic heterocycles. The molecule has 0 unspecified atom stereocenters. The van der Waals surface area contributed by atoms with Crippen molar-refractivity contribution in [1.29, 1.82) is 0 Å². The third-order valence-electron chi connectivity index (χ3n) is 3.70. The molecule has 0 N–H and O–H groups in total. The van der Waals surface area contributed by atoms with Gasteiger partial charge in [-0.3, -0.25) is 4.98 Å². The van der Waals surface area contributed by atoms with E-state index < -0.39 is 0 Å². The summed E-state index contributed by atoms with van der Waals surface area (Å²) < 4.78 is 26.5. The Morgan fingerprint density at radius 2 is 1.08 bits per heavy atom. The van der Waals surface area contributed by atoms with Crippen LogP contribution in [0.1, 0.15) is 0 Å². The van der Waals surface area contributed by atoms with E-state index in [1.165, 1.54) is 24.3 Å². The highest BCUT2D eigenvalue weighted by atomic mass is 19.1. The Morgan fingerprint density at radius 1 is 0.583 bits per heavy atom. The molecular weight excluding hydrogens is 308 g/mol. The van der Waals surface area contributed by atoms with E-state index in [1.807, 2.05) is 0 Å². The molecule has 0 amide bonds. The summed E-state index contributed by atoms with van der Waals surface area (Å²) in [6.07, 6.45) is 3.27. The zero-order valence-corrected chi connectivity index (χ0v) is 12.4. The lowest BCUT2D eigenvalue weighted by atomic mass is 10.0. The summed E-state index contributed by atoms with van der Waals surface area (Å²) in [4.78, 5) is 13.4. The van der Waals surface area contributed by atoms with Crippen LogP contribution in [0.15, 0.2) is 67.0 Å². The molecule has 4 aromatic rings. The quantitative estimate of drug-likeness (QED) is 0.540. The van der Waals surface area contributed by atoms with Crippen molar-refractivity contribution < 1.29 is 8.78 Å². The molecule has 116 valence electrons. The average Bonchev–Trinajstić information content (AvgIpc) is 2.62. The fourth-order valence-electron chi connectivity index (χ4n) is 2.52. The first-order valence-corrected chi connectivity index (χ1v) is 7.34. The Labute approximate surface area is 136 Å². The number of aromatic nitrogens is 3. The van der Waals surface area contributed by atoms with Crippen LogP contribution in [0.4, 0.5) is 8.78 Å². The molecular formula is C19H11F2N3. The Bertz CT molecular complexity index is 929.